The van der Waals surface area contributed by atoms with E-state index in [0.29, 0.717) is 12.2 Å². The van der Waals surface area contributed by atoms with E-state index >= 15 is 0 Å². The summed E-state index contributed by atoms with van der Waals surface area (Å²) >= 11 is 6.23. The highest BCUT2D eigenvalue weighted by atomic mass is 35.5. The number of hydrogen-bond donors (Lipinski definition) is 2. The van der Waals surface area contributed by atoms with E-state index in [4.69, 9.17) is 17.3 Å². The lowest BCUT2D eigenvalue weighted by atomic mass is 10.1. The first-order valence-corrected chi connectivity index (χ1v) is 8.01. The number of nitrogens with zero attached hydrogens (tertiary/aromatic N) is 1. The Balaban J connectivity index is 2.23. The third-order valence-corrected chi connectivity index (χ3v) is 4.04. The van der Waals surface area contributed by atoms with E-state index < -0.39 is 5.60 Å². The van der Waals surface area contributed by atoms with Gasteiger partial charge in [0.1, 0.15) is 0 Å². The van der Waals surface area contributed by atoms with Gasteiger partial charge in [-0.25, -0.2) is 0 Å². The summed E-state index contributed by atoms with van der Waals surface area (Å²) in [4.78, 5) is 2.04. The molecule has 0 radical (unpaired) electrons. The fourth-order valence-electron chi connectivity index (χ4n) is 2.16. The van der Waals surface area contributed by atoms with Crippen LogP contribution in [-0.2, 0) is 6.42 Å². The van der Waals surface area contributed by atoms with Crippen LogP contribution in [0.15, 0.2) is 66.5 Å². The Morgan fingerprint density at radius 1 is 1.13 bits per heavy atom. The van der Waals surface area contributed by atoms with Gasteiger partial charge in [-0.1, -0.05) is 48.0 Å². The molecule has 122 valence electrons. The summed E-state index contributed by atoms with van der Waals surface area (Å²) < 4.78 is 0. The normalized spacial score (nSPS) is 12.3. The second kappa shape index (κ2) is 7.53. The molecule has 0 spiro atoms. The summed E-state index contributed by atoms with van der Waals surface area (Å²) in [5, 5.41) is 10.8. The largest absolute Gasteiger partial charge is 0.399 e. The Labute approximate surface area is 143 Å². The van der Waals surface area contributed by atoms with Crippen LogP contribution >= 0.6 is 11.6 Å². The summed E-state index contributed by atoms with van der Waals surface area (Å²) in [6.07, 6.45) is 2.58. The Hall–Kier alpha value is -1.97. The monoisotopic (exact) mass is 330 g/mol. The fourth-order valence-corrected chi connectivity index (χ4v) is 2.39. The third-order valence-electron chi connectivity index (χ3n) is 3.67. The molecule has 0 amide bonds. The van der Waals surface area contributed by atoms with E-state index in [2.05, 4.69) is 0 Å². The zero-order valence-electron chi connectivity index (χ0n) is 13.5. The van der Waals surface area contributed by atoms with Crippen molar-refractivity contribution >= 4 is 17.3 Å². The molecule has 0 saturated heterocycles. The molecular weight excluding hydrogens is 308 g/mol. The summed E-state index contributed by atoms with van der Waals surface area (Å²) in [6.45, 7) is 4.07. The smallest absolute Gasteiger partial charge is 0.0996 e. The third kappa shape index (κ3) is 5.02. The number of hydrogen-bond acceptors (Lipinski definition) is 3. The average Bonchev–Trinajstić information content (AvgIpc) is 2.52. The average molecular weight is 331 g/mol. The molecule has 0 aliphatic carbocycles. The Bertz CT molecular complexity index is 663. The van der Waals surface area contributed by atoms with Crippen molar-refractivity contribution in [1.82, 2.24) is 0 Å². The van der Waals surface area contributed by atoms with Gasteiger partial charge in [0.15, 0.2) is 0 Å². The van der Waals surface area contributed by atoms with Crippen molar-refractivity contribution in [3.8, 4) is 0 Å². The maximum absolute atomic E-state index is 10.1. The van der Waals surface area contributed by atoms with E-state index in [1.807, 2.05) is 59.5 Å². The molecule has 0 saturated carbocycles. The summed E-state index contributed by atoms with van der Waals surface area (Å²) in [5.74, 6) is 0. The minimum atomic E-state index is -1.06. The maximum atomic E-state index is 10.1. The van der Waals surface area contributed by atoms with Crippen molar-refractivity contribution in [1.29, 1.82) is 0 Å². The number of nitrogens with two attached hydrogens (primary N) is 1. The Morgan fingerprint density at radius 3 is 2.35 bits per heavy atom. The number of aliphatic hydroxyl groups is 1. The lowest BCUT2D eigenvalue weighted by Gasteiger charge is -2.25. The van der Waals surface area contributed by atoms with Crippen molar-refractivity contribution in [2.75, 3.05) is 11.4 Å². The van der Waals surface area contributed by atoms with E-state index in [-0.39, 0.29) is 0 Å². The second-order valence-corrected chi connectivity index (χ2v) is 6.42. The molecule has 23 heavy (non-hydrogen) atoms. The highest BCUT2D eigenvalue weighted by Crippen LogP contribution is 2.20. The predicted octanol–water partition coefficient (Wildman–Crippen LogP) is 3.96. The summed E-state index contributed by atoms with van der Waals surface area (Å²) in [5.41, 5.74) is 7.50. The van der Waals surface area contributed by atoms with Crippen molar-refractivity contribution in [3.63, 3.8) is 0 Å². The molecule has 0 bridgehead atoms. The summed E-state index contributed by atoms with van der Waals surface area (Å²) in [6, 6.07) is 17.8. The van der Waals surface area contributed by atoms with Crippen LogP contribution in [0.25, 0.3) is 0 Å². The molecule has 0 atom stereocenters. The Morgan fingerprint density at radius 2 is 1.74 bits per heavy atom. The van der Waals surface area contributed by atoms with Crippen LogP contribution in [0, 0.1) is 0 Å². The van der Waals surface area contributed by atoms with Crippen LogP contribution in [0.3, 0.4) is 0 Å². The van der Waals surface area contributed by atoms with Gasteiger partial charge in [-0.15, -0.1) is 0 Å². The minimum absolute atomic E-state index is 0.417. The number of para-hydroxylation sites is 1. The lowest BCUT2D eigenvalue weighted by molar-refractivity contribution is 0.118. The van der Waals surface area contributed by atoms with Crippen molar-refractivity contribution in [2.45, 2.75) is 25.9 Å². The van der Waals surface area contributed by atoms with Crippen molar-refractivity contribution < 1.29 is 5.11 Å². The van der Waals surface area contributed by atoms with Crippen LogP contribution < -0.4 is 10.6 Å². The Kier molecular flexibility index (Phi) is 5.69. The van der Waals surface area contributed by atoms with Gasteiger partial charge in [-0.3, -0.25) is 0 Å². The predicted molar refractivity (Wildman–Crippen MR) is 97.5 cm³/mol. The van der Waals surface area contributed by atoms with Crippen LogP contribution in [0.1, 0.15) is 19.4 Å². The van der Waals surface area contributed by atoms with E-state index in [9.17, 15) is 5.11 Å². The number of halogens is 1. The molecule has 0 aliphatic heterocycles. The second-order valence-electron chi connectivity index (χ2n) is 6.01. The molecule has 0 fully saturated rings. The van der Waals surface area contributed by atoms with Gasteiger partial charge < -0.3 is 15.7 Å². The molecular formula is C19H23ClN2O. The molecule has 0 unspecified atom stereocenters. The molecule has 0 heterocycles. The first-order valence-electron chi connectivity index (χ1n) is 7.63. The fraction of sp³-hybridized carbons (Fsp3) is 0.263. The molecule has 0 aliphatic rings. The lowest BCUT2D eigenvalue weighted by Crippen LogP contribution is -2.31. The molecule has 3 nitrogen and oxygen atoms in total. The van der Waals surface area contributed by atoms with Crippen LogP contribution in [-0.4, -0.2) is 17.3 Å². The van der Waals surface area contributed by atoms with Crippen LogP contribution in [0.2, 0.25) is 5.02 Å². The quantitative estimate of drug-likeness (QED) is 0.842. The zero-order valence-corrected chi connectivity index (χ0v) is 14.3. The molecule has 3 N–H and O–H groups in total. The van der Waals surface area contributed by atoms with Crippen LogP contribution in [0.4, 0.5) is 5.69 Å². The number of anilines is 1. The first kappa shape index (κ1) is 17.4. The molecule has 2 aromatic carbocycles. The zero-order chi connectivity index (χ0) is 16.9. The highest BCUT2D eigenvalue weighted by Gasteiger charge is 2.18. The van der Waals surface area contributed by atoms with Gasteiger partial charge in [0.25, 0.3) is 0 Å². The van der Waals surface area contributed by atoms with E-state index in [1.165, 1.54) is 0 Å². The van der Waals surface area contributed by atoms with Gasteiger partial charge in [-0.05, 0) is 44.0 Å². The van der Waals surface area contributed by atoms with Gasteiger partial charge in [-0.2, -0.15) is 0 Å². The molecule has 2 aromatic rings. The topological polar surface area (TPSA) is 49.5 Å². The highest BCUT2D eigenvalue weighted by molar-refractivity contribution is 6.31. The summed E-state index contributed by atoms with van der Waals surface area (Å²) in [7, 11) is 0. The molecule has 4 heteroatoms. The van der Waals surface area contributed by atoms with Gasteiger partial charge in [0.05, 0.1) is 11.3 Å². The first-order chi connectivity index (χ1) is 10.9. The molecule has 0 aromatic heterocycles. The van der Waals surface area contributed by atoms with Gasteiger partial charge in [0.2, 0.25) is 0 Å². The van der Waals surface area contributed by atoms with E-state index in [1.54, 1.807) is 20.0 Å². The maximum Gasteiger partial charge on any atom is 0.0996 e. The van der Waals surface area contributed by atoms with Crippen LogP contribution in [0.5, 0.6) is 0 Å². The van der Waals surface area contributed by atoms with Crippen molar-refractivity contribution in [3.05, 3.63) is 77.1 Å². The van der Waals surface area contributed by atoms with E-state index in [0.717, 1.165) is 22.7 Å². The SMILES string of the molecule is CC(C)(O)/C(N)=C/N(CCc1ccccc1Cl)c1ccccc1. The minimum Gasteiger partial charge on any atom is -0.399 e. The number of rotatable bonds is 6. The standard InChI is InChI=1S/C19H23ClN2O/c1-19(2,23)18(21)14-22(16-9-4-3-5-10-16)13-12-15-8-6-7-11-17(15)20/h3-11,14,23H,12-13,21H2,1-2H3/b18-14-. The van der Waals surface area contributed by atoms with Gasteiger partial charge >= 0.3 is 0 Å². The van der Waals surface area contributed by atoms with Gasteiger partial charge in [0, 0.05) is 23.5 Å². The number of benzene rings is 2. The molecule has 2 rings (SSSR count). The van der Waals surface area contributed by atoms with Crippen molar-refractivity contribution in [2.24, 2.45) is 5.73 Å².